The van der Waals surface area contributed by atoms with Gasteiger partial charge in [0.05, 0.1) is 0 Å². The molecule has 1 heterocycles. The second-order valence-corrected chi connectivity index (χ2v) is 1.31. The van der Waals surface area contributed by atoms with Crippen molar-refractivity contribution in [2.75, 3.05) is 0 Å². The average molecular weight is 230 g/mol. The van der Waals surface area contributed by atoms with E-state index in [9.17, 15) is 0 Å². The minimum Gasteiger partial charge on any atom is -0.394 e. The first-order valence-corrected chi connectivity index (χ1v) is 2.13. The van der Waals surface area contributed by atoms with E-state index in [0.717, 1.165) is 0 Å². The number of aromatic nitrogens is 1. The van der Waals surface area contributed by atoms with Gasteiger partial charge in [-0.25, -0.2) is 0 Å². The van der Waals surface area contributed by atoms with E-state index in [1.165, 1.54) is 11.3 Å². The smallest absolute Gasteiger partial charge is 0 e. The van der Waals surface area contributed by atoms with Crippen LogP contribution in [0.15, 0.2) is 11.6 Å². The first kappa shape index (κ1) is 10.7. The Kier molecular flexibility index (Phi) is 10.3. The number of thiazole rings is 1. The Labute approximate surface area is 69.7 Å². The average Bonchev–Trinajstić information content (AvgIpc) is 1.76. The van der Waals surface area contributed by atoms with Gasteiger partial charge in [0.15, 0.2) is 0 Å². The molecule has 36 valence electrons. The maximum absolute atomic E-state index is 3.62. The van der Waals surface area contributed by atoms with E-state index in [0.29, 0.717) is 0 Å². The summed E-state index contributed by atoms with van der Waals surface area (Å²) in [5.74, 6) is 0. The van der Waals surface area contributed by atoms with Crippen molar-refractivity contribution in [3.05, 3.63) is 17.1 Å². The van der Waals surface area contributed by atoms with E-state index in [2.05, 4.69) is 10.5 Å². The third kappa shape index (κ3) is 4.59. The third-order valence-corrected chi connectivity index (χ3v) is 0.777. The van der Waals surface area contributed by atoms with E-state index in [1.54, 1.807) is 6.20 Å². The molecule has 0 aliphatic carbocycles. The molecule has 1 aromatic heterocycles. The second-order valence-electron chi connectivity index (χ2n) is 0.623. The maximum atomic E-state index is 3.62. The van der Waals surface area contributed by atoms with Gasteiger partial charge in [-0.15, -0.1) is 28.6 Å². The largest absolute Gasteiger partial charge is 0.394 e. The molecular weight excluding hydrogens is 227 g/mol. The van der Waals surface area contributed by atoms with Crippen LogP contribution in [-0.4, -0.2) is 4.98 Å². The molecule has 0 unspecified atom stereocenters. The minimum absolute atomic E-state index is 0. The van der Waals surface area contributed by atoms with Crippen LogP contribution in [0.1, 0.15) is 0 Å². The van der Waals surface area contributed by atoms with Crippen molar-refractivity contribution in [1.29, 1.82) is 0 Å². The molecule has 0 N–H and O–H groups in total. The van der Waals surface area contributed by atoms with Gasteiger partial charge in [-0.3, -0.25) is 11.3 Å². The molecule has 0 spiro atoms. The zero-order valence-corrected chi connectivity index (χ0v) is 9.12. The predicted molar refractivity (Wildman–Crippen MR) is 31.3 cm³/mol. The summed E-state index contributed by atoms with van der Waals surface area (Å²) in [4.78, 5) is 3.62. The number of hydrogen-bond acceptors (Lipinski definition) is 2. The zero-order valence-electron chi connectivity index (χ0n) is 3.63. The van der Waals surface area contributed by atoms with Crippen molar-refractivity contribution in [1.82, 2.24) is 4.98 Å². The van der Waals surface area contributed by atoms with Crippen molar-refractivity contribution >= 4 is 28.3 Å². The van der Waals surface area contributed by atoms with Gasteiger partial charge in [0.1, 0.15) is 0 Å². The Morgan fingerprint density at radius 1 is 1.57 bits per heavy atom. The molecule has 0 aliphatic rings. The summed E-state index contributed by atoms with van der Waals surface area (Å²) < 4.78 is 0. The molecule has 0 atom stereocenters. The fourth-order valence-electron chi connectivity index (χ4n) is 0.152. The van der Waals surface area contributed by atoms with Gasteiger partial charge in [0, 0.05) is 19.5 Å². The van der Waals surface area contributed by atoms with Gasteiger partial charge in [0.2, 0.25) is 0 Å². The molecule has 0 saturated heterocycles. The van der Waals surface area contributed by atoms with Gasteiger partial charge < -0.3 is 4.98 Å². The zero-order chi connectivity index (χ0) is 3.54. The standard InChI is InChI=1S/C3H2NS.BrH.Zn/c1-2-5-3-4-1;;/h1-2H;1H;/q-1;;. The second kappa shape index (κ2) is 6.73. The topological polar surface area (TPSA) is 12.9 Å². The van der Waals surface area contributed by atoms with Crippen molar-refractivity contribution in [2.24, 2.45) is 0 Å². The van der Waals surface area contributed by atoms with Crippen molar-refractivity contribution in [3.8, 4) is 0 Å². The van der Waals surface area contributed by atoms with E-state index < -0.39 is 0 Å². The normalized spacial score (nSPS) is 5.71. The number of rotatable bonds is 0. The number of halogens is 1. The molecule has 1 rings (SSSR count). The van der Waals surface area contributed by atoms with Crippen LogP contribution in [0.2, 0.25) is 0 Å². The number of hydrogen-bond donors (Lipinski definition) is 0. The van der Waals surface area contributed by atoms with Crippen LogP contribution in [0.3, 0.4) is 0 Å². The van der Waals surface area contributed by atoms with E-state index >= 15 is 0 Å². The Bertz CT molecular complexity index is 71.4. The molecule has 0 amide bonds. The van der Waals surface area contributed by atoms with Crippen LogP contribution in [0.25, 0.3) is 0 Å². The summed E-state index contributed by atoms with van der Waals surface area (Å²) in [5.41, 5.74) is 2.65. The van der Waals surface area contributed by atoms with Gasteiger partial charge >= 0.3 is 0 Å². The van der Waals surface area contributed by atoms with E-state index in [4.69, 9.17) is 0 Å². The summed E-state index contributed by atoms with van der Waals surface area (Å²) in [7, 11) is 0. The summed E-state index contributed by atoms with van der Waals surface area (Å²) in [6.45, 7) is 0. The molecule has 0 aromatic carbocycles. The summed E-state index contributed by atoms with van der Waals surface area (Å²) >= 11 is 1.48. The fourth-order valence-corrected chi connectivity index (χ4v) is 0.456. The Morgan fingerprint density at radius 2 is 2.29 bits per heavy atom. The molecule has 0 saturated carbocycles. The summed E-state index contributed by atoms with van der Waals surface area (Å²) in [6, 6.07) is 0. The van der Waals surface area contributed by atoms with Gasteiger partial charge in [0.25, 0.3) is 0 Å². The molecule has 1 nitrogen and oxygen atoms in total. The minimum atomic E-state index is 0. The van der Waals surface area contributed by atoms with E-state index in [1.807, 2.05) is 5.38 Å². The first-order chi connectivity index (χ1) is 2.50. The molecule has 4 heteroatoms. The van der Waals surface area contributed by atoms with Crippen molar-refractivity contribution < 1.29 is 19.5 Å². The molecule has 0 fully saturated rings. The van der Waals surface area contributed by atoms with Gasteiger partial charge in [-0.1, -0.05) is 0 Å². The van der Waals surface area contributed by atoms with Crippen LogP contribution in [0.5, 0.6) is 0 Å². The van der Waals surface area contributed by atoms with Crippen molar-refractivity contribution in [3.63, 3.8) is 0 Å². The Balaban J connectivity index is 0. The Hall–Kier alpha value is 0.733. The van der Waals surface area contributed by atoms with Crippen LogP contribution < -0.4 is 0 Å². The fraction of sp³-hybridized carbons (Fsp3) is 0. The predicted octanol–water partition coefficient (Wildman–Crippen LogP) is 1.52. The molecule has 0 radical (unpaired) electrons. The SMILES string of the molecule is Br.[Zn].[c-]1nccs1. The molecule has 0 aliphatic heterocycles. The van der Waals surface area contributed by atoms with Crippen LogP contribution in [-0.2, 0) is 19.5 Å². The third-order valence-electron chi connectivity index (χ3n) is 0.309. The van der Waals surface area contributed by atoms with Crippen molar-refractivity contribution in [2.45, 2.75) is 0 Å². The number of nitrogens with zero attached hydrogens (tertiary/aromatic N) is 1. The first-order valence-electron chi connectivity index (χ1n) is 1.25. The quantitative estimate of drug-likeness (QED) is 0.486. The maximum Gasteiger partial charge on any atom is 0 e. The summed E-state index contributed by atoms with van der Waals surface area (Å²) in [5, 5.41) is 1.88. The van der Waals surface area contributed by atoms with Crippen LogP contribution in [0.4, 0.5) is 0 Å². The molecule has 7 heavy (non-hydrogen) atoms. The van der Waals surface area contributed by atoms with Crippen LogP contribution >= 0.6 is 28.3 Å². The van der Waals surface area contributed by atoms with Crippen LogP contribution in [0, 0.1) is 5.51 Å². The molecular formula is C3H3BrNSZn-. The van der Waals surface area contributed by atoms with E-state index in [-0.39, 0.29) is 36.5 Å². The van der Waals surface area contributed by atoms with Gasteiger partial charge in [-0.05, 0) is 5.51 Å². The monoisotopic (exact) mass is 228 g/mol. The van der Waals surface area contributed by atoms with Gasteiger partial charge in [-0.2, -0.15) is 0 Å². The molecule has 1 aromatic rings. The molecule has 0 bridgehead atoms. The summed E-state index contributed by atoms with van der Waals surface area (Å²) in [6.07, 6.45) is 1.71. The Morgan fingerprint density at radius 3 is 2.43 bits per heavy atom.